The highest BCUT2D eigenvalue weighted by Crippen LogP contribution is 2.47. The molecule has 1 aliphatic carbocycles. The predicted molar refractivity (Wildman–Crippen MR) is 228 cm³/mol. The van der Waals surface area contributed by atoms with Gasteiger partial charge in [0.25, 0.3) is 0 Å². The Morgan fingerprint density at radius 3 is 1.38 bits per heavy atom. The van der Waals surface area contributed by atoms with Crippen LogP contribution in [0.15, 0.2) is 182 Å². The first kappa shape index (κ1) is 33.2. The second kappa shape index (κ2) is 13.7. The van der Waals surface area contributed by atoms with E-state index >= 15 is 0 Å². The average Bonchev–Trinajstić information content (AvgIpc) is 3.46. The lowest BCUT2D eigenvalue weighted by Gasteiger charge is -2.39. The third-order valence-electron chi connectivity index (χ3n) is 11.9. The predicted octanol–water partition coefficient (Wildman–Crippen LogP) is 12.7. The van der Waals surface area contributed by atoms with Crippen LogP contribution in [0.3, 0.4) is 0 Å². The van der Waals surface area contributed by atoms with Gasteiger partial charge in [0.1, 0.15) is 8.07 Å². The molecule has 2 aliphatic rings. The molecule has 0 amide bonds. The lowest BCUT2D eigenvalue weighted by atomic mass is 9.65. The van der Waals surface area contributed by atoms with E-state index in [-0.39, 0.29) is 5.41 Å². The van der Waals surface area contributed by atoms with Crippen molar-refractivity contribution in [2.24, 2.45) is 0 Å². The number of fused-ring (bicyclic) bond motifs is 3. The minimum absolute atomic E-state index is 0.0121. The van der Waals surface area contributed by atoms with Gasteiger partial charge >= 0.3 is 0 Å². The first-order valence-corrected chi connectivity index (χ1v) is 22.2. The molecule has 7 aromatic rings. The van der Waals surface area contributed by atoms with Crippen LogP contribution in [0, 0.1) is 0 Å². The van der Waals surface area contributed by atoms with Crippen molar-refractivity contribution in [3.8, 4) is 11.1 Å². The molecule has 1 fully saturated rings. The van der Waals surface area contributed by atoms with E-state index in [0.29, 0.717) is 0 Å². The first-order chi connectivity index (χ1) is 26.0. The number of rotatable bonds is 8. The van der Waals surface area contributed by atoms with Gasteiger partial charge in [0, 0.05) is 39.5 Å². The second-order valence-electron chi connectivity index (χ2n) is 15.3. The van der Waals surface area contributed by atoms with Crippen LogP contribution in [0.25, 0.3) is 11.1 Å². The monoisotopic (exact) mass is 702 g/mol. The van der Waals surface area contributed by atoms with Crippen molar-refractivity contribution in [3.05, 3.63) is 193 Å². The van der Waals surface area contributed by atoms with Gasteiger partial charge < -0.3 is 9.80 Å². The summed E-state index contributed by atoms with van der Waals surface area (Å²) in [7, 11) is -1.95. The van der Waals surface area contributed by atoms with Gasteiger partial charge in [-0.15, -0.1) is 0 Å². The van der Waals surface area contributed by atoms with Crippen molar-refractivity contribution in [2.75, 3.05) is 9.80 Å². The van der Waals surface area contributed by atoms with E-state index < -0.39 is 8.07 Å². The Morgan fingerprint density at radius 2 is 0.830 bits per heavy atom. The van der Waals surface area contributed by atoms with Gasteiger partial charge in [0.05, 0.1) is 0 Å². The van der Waals surface area contributed by atoms with Gasteiger partial charge in [-0.1, -0.05) is 148 Å². The minimum Gasteiger partial charge on any atom is -0.311 e. The fourth-order valence-electron chi connectivity index (χ4n) is 9.37. The van der Waals surface area contributed by atoms with E-state index in [9.17, 15) is 0 Å². The summed E-state index contributed by atoms with van der Waals surface area (Å²) in [6.07, 6.45) is 6.13. The van der Waals surface area contributed by atoms with Gasteiger partial charge in [-0.25, -0.2) is 0 Å². The molecule has 0 radical (unpaired) electrons. The zero-order chi connectivity index (χ0) is 35.8. The molecule has 0 atom stereocenters. The molecular formula is C50H46N2Si. The zero-order valence-corrected chi connectivity index (χ0v) is 31.8. The third kappa shape index (κ3) is 5.80. The maximum Gasteiger partial charge on any atom is 0.116 e. The Morgan fingerprint density at radius 1 is 0.396 bits per heavy atom. The summed E-state index contributed by atoms with van der Waals surface area (Å²) in [6.45, 7) is 5.04. The van der Waals surface area contributed by atoms with Gasteiger partial charge in [-0.3, -0.25) is 0 Å². The minimum atomic E-state index is -1.95. The molecule has 0 bridgehead atoms. The molecule has 0 N–H and O–H groups in total. The number of hydrogen-bond donors (Lipinski definition) is 0. The molecule has 7 aromatic carbocycles. The van der Waals surface area contributed by atoms with Crippen LogP contribution in [0.5, 0.6) is 0 Å². The van der Waals surface area contributed by atoms with Crippen LogP contribution >= 0.6 is 0 Å². The molecule has 260 valence electrons. The summed E-state index contributed by atoms with van der Waals surface area (Å²) in [5, 5.41) is 3.06. The van der Waals surface area contributed by atoms with Gasteiger partial charge in [-0.2, -0.15) is 0 Å². The second-order valence-corrected chi connectivity index (χ2v) is 19.6. The van der Waals surface area contributed by atoms with Crippen LogP contribution in [-0.2, 0) is 5.41 Å². The Balaban J connectivity index is 1.11. The molecule has 1 heterocycles. The highest BCUT2D eigenvalue weighted by Gasteiger charge is 2.41. The van der Waals surface area contributed by atoms with Crippen molar-refractivity contribution in [1.29, 1.82) is 0 Å². The number of benzene rings is 7. The normalized spacial score (nSPS) is 15.3. The summed E-state index contributed by atoms with van der Waals surface area (Å²) in [4.78, 5) is 4.86. The van der Waals surface area contributed by atoms with Gasteiger partial charge in [-0.05, 0) is 112 Å². The largest absolute Gasteiger partial charge is 0.311 e. The lowest BCUT2D eigenvalue weighted by Crippen LogP contribution is -2.50. The van der Waals surface area contributed by atoms with Crippen molar-refractivity contribution < 1.29 is 0 Å². The lowest BCUT2D eigenvalue weighted by molar-refractivity contribution is 0.346. The number of hydrogen-bond acceptors (Lipinski definition) is 2. The molecule has 3 heteroatoms. The van der Waals surface area contributed by atoms with Crippen molar-refractivity contribution in [2.45, 2.75) is 50.6 Å². The molecule has 53 heavy (non-hydrogen) atoms. The quantitative estimate of drug-likeness (QED) is 0.145. The van der Waals surface area contributed by atoms with E-state index in [4.69, 9.17) is 0 Å². The Labute approximate surface area is 316 Å². The van der Waals surface area contributed by atoms with Crippen LogP contribution in [0.2, 0.25) is 13.1 Å². The Hall–Kier alpha value is -5.64. The smallest absolute Gasteiger partial charge is 0.116 e. The van der Waals surface area contributed by atoms with E-state index in [1.165, 1.54) is 87.5 Å². The first-order valence-electron chi connectivity index (χ1n) is 19.2. The molecular weight excluding hydrogens is 657 g/mol. The average molecular weight is 703 g/mol. The summed E-state index contributed by atoms with van der Waals surface area (Å²) < 4.78 is 0. The van der Waals surface area contributed by atoms with Crippen LogP contribution in [0.4, 0.5) is 34.1 Å². The number of para-hydroxylation sites is 3. The molecule has 0 spiro atoms. The third-order valence-corrected chi connectivity index (χ3v) is 15.5. The van der Waals surface area contributed by atoms with E-state index in [2.05, 4.69) is 205 Å². The highest BCUT2D eigenvalue weighted by molar-refractivity contribution is 7.04. The molecule has 0 saturated heterocycles. The van der Waals surface area contributed by atoms with Gasteiger partial charge in [0.2, 0.25) is 0 Å². The van der Waals surface area contributed by atoms with Gasteiger partial charge in [0.15, 0.2) is 0 Å². The van der Waals surface area contributed by atoms with E-state index in [1.54, 1.807) is 0 Å². The topological polar surface area (TPSA) is 6.48 Å². The molecule has 0 aromatic heterocycles. The van der Waals surface area contributed by atoms with Crippen LogP contribution < -0.4 is 20.2 Å². The molecule has 1 aliphatic heterocycles. The van der Waals surface area contributed by atoms with Crippen LogP contribution in [0.1, 0.15) is 43.2 Å². The Bertz CT molecular complexity index is 2290. The van der Waals surface area contributed by atoms with Crippen molar-refractivity contribution in [3.63, 3.8) is 0 Å². The van der Waals surface area contributed by atoms with E-state index in [0.717, 1.165) is 11.4 Å². The molecule has 2 nitrogen and oxygen atoms in total. The summed E-state index contributed by atoms with van der Waals surface area (Å²) in [6, 6.07) is 67.5. The summed E-state index contributed by atoms with van der Waals surface area (Å²) in [5.74, 6) is 0. The maximum atomic E-state index is 2.52. The zero-order valence-electron chi connectivity index (χ0n) is 30.8. The highest BCUT2D eigenvalue weighted by atomic mass is 28.3. The summed E-state index contributed by atoms with van der Waals surface area (Å²) in [5.41, 5.74) is 12.8. The molecule has 9 rings (SSSR count). The summed E-state index contributed by atoms with van der Waals surface area (Å²) >= 11 is 0. The number of nitrogens with zero attached hydrogens (tertiary/aromatic N) is 2. The van der Waals surface area contributed by atoms with E-state index in [1.807, 2.05) is 0 Å². The SMILES string of the molecule is C[Si]1(C)c2ccccc2-c2cccc(N(c3ccccc3)c3ccc(C4(c5ccc(N(c6ccccc6)c6ccccc6)cc5)CCCCC4)cc3)c21. The Kier molecular flexibility index (Phi) is 8.60. The standard InChI is InChI=1S/C50H46N2Si/c1-53(2)48-27-14-13-24-45(48)46-25-17-26-47(49(46)53)52(42-22-11-5-12-23-42)44-34-30-39(31-35-44)50(36-15-6-16-37-50)38-28-32-43(33-29-38)51(40-18-7-3-8-19-40)41-20-9-4-10-21-41/h3-5,7-14,17-35H,6,15-16,36-37H2,1-2H3. The molecule has 0 unspecified atom stereocenters. The fraction of sp³-hybridized carbons (Fsp3) is 0.160. The van der Waals surface area contributed by atoms with Crippen molar-refractivity contribution >= 4 is 52.6 Å². The number of anilines is 6. The maximum absolute atomic E-state index is 2.52. The van der Waals surface area contributed by atoms with Crippen LogP contribution in [-0.4, -0.2) is 8.07 Å². The fourth-order valence-corrected chi connectivity index (χ4v) is 12.8. The van der Waals surface area contributed by atoms with Crippen molar-refractivity contribution in [1.82, 2.24) is 0 Å². The molecule has 1 saturated carbocycles.